The Morgan fingerprint density at radius 2 is 1.74 bits per heavy atom. The molecule has 0 N–H and O–H groups in total. The van der Waals surface area contributed by atoms with Gasteiger partial charge in [0.05, 0.1) is 0 Å². The van der Waals surface area contributed by atoms with Gasteiger partial charge in [-0.2, -0.15) is 12.6 Å². The highest BCUT2D eigenvalue weighted by Gasteiger charge is 2.41. The van der Waals surface area contributed by atoms with E-state index in [9.17, 15) is 0 Å². The summed E-state index contributed by atoms with van der Waals surface area (Å²) in [6.07, 6.45) is 13.0. The van der Waals surface area contributed by atoms with E-state index in [4.69, 9.17) is 0 Å². The number of hydrogen-bond acceptors (Lipinski definition) is 2. The first kappa shape index (κ1) is 16.2. The van der Waals surface area contributed by atoms with E-state index in [1.54, 1.807) is 6.26 Å². The number of thiol groups is 1. The maximum absolute atomic E-state index is 3.53. The van der Waals surface area contributed by atoms with Crippen LogP contribution < -0.4 is 0 Å². The van der Waals surface area contributed by atoms with Crippen LogP contribution in [0.3, 0.4) is 0 Å². The van der Waals surface area contributed by atoms with Crippen molar-refractivity contribution in [1.29, 1.82) is 0 Å². The Kier molecular flexibility index (Phi) is 4.78. The molecule has 0 atom stereocenters. The molecule has 0 radical (unpaired) electrons. The lowest BCUT2D eigenvalue weighted by Crippen LogP contribution is -2.16. The Bertz CT molecular complexity index is 462. The zero-order valence-electron chi connectivity index (χ0n) is 13.3. The molecule has 1 heterocycles. The Labute approximate surface area is 124 Å². The second-order valence-electron chi connectivity index (χ2n) is 6.15. The first-order valence-electron chi connectivity index (χ1n) is 6.78. The molecule has 19 heavy (non-hydrogen) atoms. The van der Waals surface area contributed by atoms with Gasteiger partial charge in [-0.15, -0.1) is 0 Å². The Morgan fingerprint density at radius 1 is 1.16 bits per heavy atom. The molecule has 1 fully saturated rings. The summed E-state index contributed by atoms with van der Waals surface area (Å²) in [5.41, 5.74) is 4.41. The average Bonchev–Trinajstić information content (AvgIpc) is 2.46. The van der Waals surface area contributed by atoms with Gasteiger partial charge >= 0.3 is 0 Å². The van der Waals surface area contributed by atoms with Gasteiger partial charge < -0.3 is 4.90 Å². The Hall–Kier alpha value is -0.890. The lowest BCUT2D eigenvalue weighted by atomic mass is 9.82. The van der Waals surface area contributed by atoms with Gasteiger partial charge in [0.1, 0.15) is 0 Å². The van der Waals surface area contributed by atoms with Gasteiger partial charge in [-0.1, -0.05) is 58.1 Å². The van der Waals surface area contributed by atoms with Crippen LogP contribution in [0, 0.1) is 10.8 Å². The summed E-state index contributed by atoms with van der Waals surface area (Å²) in [6, 6.07) is 0. The molecular weight excluding hydrogens is 250 g/mol. The lowest BCUT2D eigenvalue weighted by molar-refractivity contribution is 0.461. The molecule has 0 aromatic rings. The number of allylic oxidation sites excluding steroid dienone is 7. The van der Waals surface area contributed by atoms with Crippen LogP contribution >= 0.6 is 12.6 Å². The minimum Gasteiger partial charge on any atom is -0.348 e. The SMILES string of the molecule is CC=C1N(C)C2=CC(C)(C)C=CC=C2C1(C)C.CS. The van der Waals surface area contributed by atoms with E-state index in [1.807, 2.05) is 0 Å². The van der Waals surface area contributed by atoms with Gasteiger partial charge in [0.25, 0.3) is 0 Å². The van der Waals surface area contributed by atoms with Crippen molar-refractivity contribution in [2.75, 3.05) is 13.3 Å². The van der Waals surface area contributed by atoms with E-state index in [2.05, 4.69) is 89.6 Å². The van der Waals surface area contributed by atoms with E-state index < -0.39 is 0 Å². The van der Waals surface area contributed by atoms with E-state index in [0.29, 0.717) is 0 Å². The number of likely N-dealkylation sites (tertiary alicyclic amines) is 1. The van der Waals surface area contributed by atoms with Gasteiger partial charge in [-0.3, -0.25) is 0 Å². The van der Waals surface area contributed by atoms with Gasteiger partial charge in [0, 0.05) is 29.3 Å². The van der Waals surface area contributed by atoms with Crippen LogP contribution in [0.5, 0.6) is 0 Å². The molecule has 106 valence electrons. The van der Waals surface area contributed by atoms with Gasteiger partial charge in [0.15, 0.2) is 0 Å². The molecular formula is C17H27NS. The minimum atomic E-state index is 0.111. The molecule has 1 saturated heterocycles. The maximum Gasteiger partial charge on any atom is 0.0415 e. The fourth-order valence-corrected chi connectivity index (χ4v) is 3.00. The van der Waals surface area contributed by atoms with Crippen LogP contribution in [0.25, 0.3) is 0 Å². The number of rotatable bonds is 0. The van der Waals surface area contributed by atoms with Crippen LogP contribution in [0.1, 0.15) is 34.6 Å². The average molecular weight is 277 g/mol. The van der Waals surface area contributed by atoms with E-state index in [1.165, 1.54) is 17.0 Å². The first-order valence-corrected chi connectivity index (χ1v) is 7.67. The quantitative estimate of drug-likeness (QED) is 0.622. The third kappa shape index (κ3) is 2.84. The largest absolute Gasteiger partial charge is 0.348 e. The van der Waals surface area contributed by atoms with E-state index in [0.717, 1.165) is 0 Å². The van der Waals surface area contributed by atoms with Crippen molar-refractivity contribution < 1.29 is 0 Å². The zero-order valence-corrected chi connectivity index (χ0v) is 14.2. The molecule has 1 nitrogen and oxygen atoms in total. The summed E-state index contributed by atoms with van der Waals surface area (Å²) in [4.78, 5) is 2.33. The van der Waals surface area contributed by atoms with Crippen molar-refractivity contribution in [2.45, 2.75) is 34.6 Å². The smallest absolute Gasteiger partial charge is 0.0415 e. The first-order chi connectivity index (χ1) is 8.79. The maximum atomic E-state index is 3.53. The van der Waals surface area contributed by atoms with Crippen molar-refractivity contribution in [3.8, 4) is 0 Å². The highest BCUT2D eigenvalue weighted by molar-refractivity contribution is 7.79. The van der Waals surface area contributed by atoms with Gasteiger partial charge in [0.2, 0.25) is 0 Å². The van der Waals surface area contributed by atoms with Crippen molar-refractivity contribution >= 4 is 12.6 Å². The predicted octanol–water partition coefficient (Wildman–Crippen LogP) is 4.81. The standard InChI is InChI=1S/C16H23N.CH4S/c1-7-14-16(4,5)12-9-8-10-15(2,3)11-13(12)17(14)6;1-2/h7-11H,1-6H3;2H,1H3. The third-order valence-electron chi connectivity index (χ3n) is 3.88. The molecule has 1 aliphatic carbocycles. The molecule has 0 spiro atoms. The summed E-state index contributed by atoms with van der Waals surface area (Å²) in [5, 5.41) is 0. The van der Waals surface area contributed by atoms with Crippen LogP contribution in [-0.2, 0) is 0 Å². The molecule has 1 aliphatic heterocycles. The summed E-state index contributed by atoms with van der Waals surface area (Å²) >= 11 is 3.53. The summed E-state index contributed by atoms with van der Waals surface area (Å²) in [5.74, 6) is 0. The van der Waals surface area contributed by atoms with Crippen molar-refractivity contribution in [2.24, 2.45) is 10.8 Å². The normalized spacial score (nSPS) is 25.1. The van der Waals surface area contributed by atoms with E-state index >= 15 is 0 Å². The number of fused-ring (bicyclic) bond motifs is 1. The summed E-state index contributed by atoms with van der Waals surface area (Å²) in [6.45, 7) is 11.2. The van der Waals surface area contributed by atoms with Gasteiger partial charge in [-0.05, 0) is 18.8 Å². The summed E-state index contributed by atoms with van der Waals surface area (Å²) < 4.78 is 0. The van der Waals surface area contributed by atoms with Crippen molar-refractivity contribution in [3.63, 3.8) is 0 Å². The van der Waals surface area contributed by atoms with Crippen LogP contribution in [-0.4, -0.2) is 18.2 Å². The van der Waals surface area contributed by atoms with Crippen LogP contribution in [0.2, 0.25) is 0 Å². The predicted molar refractivity (Wildman–Crippen MR) is 89.3 cm³/mol. The molecule has 0 aromatic carbocycles. The topological polar surface area (TPSA) is 3.24 Å². The van der Waals surface area contributed by atoms with Crippen LogP contribution in [0.15, 0.2) is 47.3 Å². The molecule has 0 unspecified atom stereocenters. The zero-order chi connectivity index (χ0) is 14.8. The highest BCUT2D eigenvalue weighted by atomic mass is 32.1. The minimum absolute atomic E-state index is 0.111. The highest BCUT2D eigenvalue weighted by Crippen LogP contribution is 2.50. The molecule has 2 heteroatoms. The van der Waals surface area contributed by atoms with E-state index in [-0.39, 0.29) is 10.8 Å². The van der Waals surface area contributed by atoms with Gasteiger partial charge in [-0.25, -0.2) is 0 Å². The molecule has 0 bridgehead atoms. The fourth-order valence-electron chi connectivity index (χ4n) is 3.00. The molecule has 2 aliphatic rings. The lowest BCUT2D eigenvalue weighted by Gasteiger charge is -2.23. The van der Waals surface area contributed by atoms with Crippen LogP contribution in [0.4, 0.5) is 0 Å². The fraction of sp³-hybridized carbons (Fsp3) is 0.529. The molecule has 0 saturated carbocycles. The Morgan fingerprint density at radius 3 is 2.26 bits per heavy atom. The second-order valence-corrected chi connectivity index (χ2v) is 6.15. The summed E-state index contributed by atoms with van der Waals surface area (Å²) in [7, 11) is 2.17. The Balaban J connectivity index is 0.000000861. The van der Waals surface area contributed by atoms with Crippen molar-refractivity contribution in [3.05, 3.63) is 47.3 Å². The number of likely N-dealkylation sites (N-methyl/N-ethyl adjacent to an activating group) is 1. The monoisotopic (exact) mass is 277 g/mol. The molecule has 0 aromatic heterocycles. The number of hydrogen-bond donors (Lipinski definition) is 1. The molecule has 0 amide bonds. The third-order valence-corrected chi connectivity index (χ3v) is 3.88. The number of nitrogens with zero attached hydrogens (tertiary/aromatic N) is 1. The second kappa shape index (κ2) is 5.62. The molecule has 2 rings (SSSR count). The van der Waals surface area contributed by atoms with Crippen molar-refractivity contribution in [1.82, 2.24) is 4.90 Å².